The van der Waals surface area contributed by atoms with E-state index in [1.54, 1.807) is 18.4 Å². The van der Waals surface area contributed by atoms with Gasteiger partial charge in [0.15, 0.2) is 0 Å². The third-order valence-corrected chi connectivity index (χ3v) is 3.94. The second-order valence-corrected chi connectivity index (χ2v) is 4.85. The molecule has 0 amide bonds. The van der Waals surface area contributed by atoms with E-state index in [4.69, 9.17) is 4.74 Å². The van der Waals surface area contributed by atoms with Gasteiger partial charge in [0.2, 0.25) is 0 Å². The van der Waals surface area contributed by atoms with E-state index in [9.17, 15) is 0 Å². The molecular weight excluding hydrogens is 208 g/mol. The largest absolute Gasteiger partial charge is 0.377 e. The number of nitrogens with zero attached hydrogens (tertiary/aromatic N) is 1. The maximum Gasteiger partial charge on any atom is 0.0803 e. The van der Waals surface area contributed by atoms with Gasteiger partial charge in [0.25, 0.3) is 0 Å². The van der Waals surface area contributed by atoms with Crippen LogP contribution >= 0.6 is 11.3 Å². The summed E-state index contributed by atoms with van der Waals surface area (Å²) < 4.78 is 5.61. The Labute approximate surface area is 95.9 Å². The molecule has 15 heavy (non-hydrogen) atoms. The van der Waals surface area contributed by atoms with Crippen molar-refractivity contribution < 1.29 is 4.74 Å². The first-order chi connectivity index (χ1) is 7.16. The minimum atomic E-state index is -0.112. The van der Waals surface area contributed by atoms with Crippen molar-refractivity contribution in [2.24, 2.45) is 0 Å². The van der Waals surface area contributed by atoms with Gasteiger partial charge < -0.3 is 10.1 Å². The first-order valence-electron chi connectivity index (χ1n) is 5.26. The molecule has 2 atom stereocenters. The Morgan fingerprint density at radius 1 is 1.67 bits per heavy atom. The summed E-state index contributed by atoms with van der Waals surface area (Å²) in [6, 6.07) is 0.327. The molecule has 86 valence electrons. The second kappa shape index (κ2) is 5.58. The molecule has 0 bridgehead atoms. The molecule has 0 saturated carbocycles. The van der Waals surface area contributed by atoms with E-state index in [2.05, 4.69) is 24.1 Å². The molecule has 0 aliphatic rings. The lowest BCUT2D eigenvalue weighted by atomic mass is 9.90. The summed E-state index contributed by atoms with van der Waals surface area (Å²) in [6.07, 6.45) is 3.90. The highest BCUT2D eigenvalue weighted by Crippen LogP contribution is 2.23. The number of methoxy groups -OCH3 is 1. The van der Waals surface area contributed by atoms with E-state index in [1.807, 2.05) is 18.8 Å². The fraction of sp³-hybridized carbons (Fsp3) is 0.727. The van der Waals surface area contributed by atoms with Crippen LogP contribution in [0, 0.1) is 0 Å². The number of nitrogens with one attached hydrogen (secondary N) is 1. The third kappa shape index (κ3) is 3.00. The average Bonchev–Trinajstić information content (AvgIpc) is 2.77. The highest BCUT2D eigenvalue weighted by atomic mass is 32.1. The maximum atomic E-state index is 5.61. The van der Waals surface area contributed by atoms with Crippen LogP contribution in [0.5, 0.6) is 0 Å². The Morgan fingerprint density at radius 2 is 2.40 bits per heavy atom. The Bertz CT molecular complexity index is 270. The molecule has 0 aliphatic heterocycles. The summed E-state index contributed by atoms with van der Waals surface area (Å²) >= 11 is 1.70. The minimum absolute atomic E-state index is 0.112. The number of thiazole rings is 1. The van der Waals surface area contributed by atoms with Crippen LogP contribution in [-0.4, -0.2) is 30.8 Å². The smallest absolute Gasteiger partial charge is 0.0803 e. The number of ether oxygens (including phenoxy) is 1. The van der Waals surface area contributed by atoms with Crippen molar-refractivity contribution in [3.8, 4) is 0 Å². The van der Waals surface area contributed by atoms with Gasteiger partial charge in [0.05, 0.1) is 11.1 Å². The van der Waals surface area contributed by atoms with E-state index >= 15 is 0 Å². The summed E-state index contributed by atoms with van der Waals surface area (Å²) in [7, 11) is 3.76. The molecule has 0 aromatic carbocycles. The summed E-state index contributed by atoms with van der Waals surface area (Å²) in [5.74, 6) is 0. The molecule has 1 heterocycles. The topological polar surface area (TPSA) is 34.1 Å². The highest BCUT2D eigenvalue weighted by Gasteiger charge is 2.31. The number of likely N-dealkylation sites (N-methyl/N-ethyl adjacent to an activating group) is 1. The van der Waals surface area contributed by atoms with Crippen molar-refractivity contribution in [2.75, 3.05) is 14.2 Å². The Balaban J connectivity index is 2.70. The monoisotopic (exact) mass is 228 g/mol. The maximum absolute atomic E-state index is 5.61. The normalized spacial score (nSPS) is 17.3. The lowest BCUT2D eigenvalue weighted by molar-refractivity contribution is -0.0266. The van der Waals surface area contributed by atoms with E-state index in [0.29, 0.717) is 6.04 Å². The van der Waals surface area contributed by atoms with Gasteiger partial charge in [-0.15, -0.1) is 11.3 Å². The van der Waals surface area contributed by atoms with Crippen LogP contribution in [0.3, 0.4) is 0 Å². The molecule has 1 rings (SSSR count). The summed E-state index contributed by atoms with van der Waals surface area (Å²) in [5.41, 5.74) is 1.76. The number of hydrogen-bond acceptors (Lipinski definition) is 4. The Hall–Kier alpha value is -0.450. The van der Waals surface area contributed by atoms with Gasteiger partial charge in [-0.3, -0.25) is 4.98 Å². The van der Waals surface area contributed by atoms with Crippen molar-refractivity contribution in [1.29, 1.82) is 0 Å². The lowest BCUT2D eigenvalue weighted by Gasteiger charge is -2.35. The molecule has 1 aromatic heterocycles. The predicted molar refractivity (Wildman–Crippen MR) is 64.4 cm³/mol. The van der Waals surface area contributed by atoms with Crippen LogP contribution in [-0.2, 0) is 11.2 Å². The van der Waals surface area contributed by atoms with Crippen molar-refractivity contribution in [3.63, 3.8) is 0 Å². The van der Waals surface area contributed by atoms with Gasteiger partial charge in [-0.25, -0.2) is 0 Å². The molecule has 1 N–H and O–H groups in total. The molecule has 0 fully saturated rings. The fourth-order valence-corrected chi connectivity index (χ4v) is 2.34. The average molecular weight is 228 g/mol. The summed E-state index contributed by atoms with van der Waals surface area (Å²) in [6.45, 7) is 4.30. The third-order valence-electron chi connectivity index (χ3n) is 3.14. The molecule has 3 nitrogen and oxygen atoms in total. The van der Waals surface area contributed by atoms with Crippen molar-refractivity contribution in [2.45, 2.75) is 38.3 Å². The van der Waals surface area contributed by atoms with Gasteiger partial charge in [-0.05, 0) is 20.4 Å². The quantitative estimate of drug-likeness (QED) is 0.809. The summed E-state index contributed by atoms with van der Waals surface area (Å²) in [5, 5.41) is 3.34. The van der Waals surface area contributed by atoms with E-state index in [0.717, 1.165) is 12.8 Å². The van der Waals surface area contributed by atoms with E-state index < -0.39 is 0 Å². The zero-order valence-electron chi connectivity index (χ0n) is 9.91. The summed E-state index contributed by atoms with van der Waals surface area (Å²) in [4.78, 5) is 5.39. The van der Waals surface area contributed by atoms with Crippen LogP contribution in [0.1, 0.15) is 25.1 Å². The van der Waals surface area contributed by atoms with Gasteiger partial charge in [0, 0.05) is 30.6 Å². The molecule has 1 aromatic rings. The van der Waals surface area contributed by atoms with Gasteiger partial charge >= 0.3 is 0 Å². The Morgan fingerprint density at radius 3 is 2.80 bits per heavy atom. The number of aromatic nitrogens is 1. The van der Waals surface area contributed by atoms with Crippen LogP contribution < -0.4 is 5.32 Å². The highest BCUT2D eigenvalue weighted by molar-refractivity contribution is 7.09. The molecule has 0 spiro atoms. The number of rotatable bonds is 6. The van der Waals surface area contributed by atoms with Crippen molar-refractivity contribution in [3.05, 3.63) is 16.6 Å². The fourth-order valence-electron chi connectivity index (χ4n) is 1.70. The van der Waals surface area contributed by atoms with Crippen LogP contribution in [0.2, 0.25) is 0 Å². The molecular formula is C11H20N2OS. The first-order valence-corrected chi connectivity index (χ1v) is 6.14. The van der Waals surface area contributed by atoms with Crippen molar-refractivity contribution >= 4 is 11.3 Å². The first kappa shape index (κ1) is 12.6. The molecule has 0 saturated heterocycles. The van der Waals surface area contributed by atoms with Crippen molar-refractivity contribution in [1.82, 2.24) is 10.3 Å². The van der Waals surface area contributed by atoms with E-state index in [1.165, 1.54) is 4.88 Å². The van der Waals surface area contributed by atoms with Crippen LogP contribution in [0.25, 0.3) is 0 Å². The minimum Gasteiger partial charge on any atom is -0.377 e. The van der Waals surface area contributed by atoms with Crippen LogP contribution in [0.4, 0.5) is 0 Å². The predicted octanol–water partition coefficient (Wildman–Crippen LogP) is 2.09. The molecule has 0 radical (unpaired) electrons. The molecule has 2 unspecified atom stereocenters. The second-order valence-electron chi connectivity index (χ2n) is 3.88. The lowest BCUT2D eigenvalue weighted by Crippen LogP contribution is -2.49. The Kier molecular flexibility index (Phi) is 4.70. The van der Waals surface area contributed by atoms with Gasteiger partial charge in [-0.2, -0.15) is 0 Å². The SMILES string of the molecule is CCC(C)(OC)C(Cc1cncs1)NC. The molecule has 0 aliphatic carbocycles. The zero-order valence-corrected chi connectivity index (χ0v) is 10.7. The zero-order chi connectivity index (χ0) is 11.3. The van der Waals surface area contributed by atoms with Crippen LogP contribution in [0.15, 0.2) is 11.7 Å². The number of hydrogen-bond donors (Lipinski definition) is 1. The van der Waals surface area contributed by atoms with E-state index in [-0.39, 0.29) is 5.60 Å². The standard InChI is InChI=1S/C11H20N2OS/c1-5-11(2,14-4)10(12-3)6-9-7-13-8-15-9/h7-8,10,12H,5-6H2,1-4H3. The van der Waals surface area contributed by atoms with Gasteiger partial charge in [-0.1, -0.05) is 6.92 Å². The van der Waals surface area contributed by atoms with Gasteiger partial charge in [0.1, 0.15) is 0 Å². The molecule has 4 heteroatoms.